The van der Waals surface area contributed by atoms with Gasteiger partial charge in [-0.2, -0.15) is 0 Å². The van der Waals surface area contributed by atoms with Crippen molar-refractivity contribution in [2.75, 3.05) is 13.2 Å². The van der Waals surface area contributed by atoms with E-state index in [0.29, 0.717) is 6.61 Å². The average molecular weight is 281 g/mol. The summed E-state index contributed by atoms with van der Waals surface area (Å²) in [6, 6.07) is 5.20. The van der Waals surface area contributed by atoms with Crippen LogP contribution in [0.4, 0.5) is 4.39 Å². The number of hydrogen-bond donors (Lipinski definition) is 1. The van der Waals surface area contributed by atoms with Crippen LogP contribution in [0.15, 0.2) is 18.2 Å². The van der Waals surface area contributed by atoms with E-state index in [9.17, 15) is 4.39 Å². The van der Waals surface area contributed by atoms with Crippen LogP contribution in [0.1, 0.15) is 45.2 Å². The molecular weight excluding hydrogens is 253 g/mol. The second-order valence-electron chi connectivity index (χ2n) is 6.35. The highest BCUT2D eigenvalue weighted by atomic mass is 19.1. The largest absolute Gasteiger partial charge is 0.374 e. The summed E-state index contributed by atoms with van der Waals surface area (Å²) in [5.74, 6) is -0.170. The summed E-state index contributed by atoms with van der Waals surface area (Å²) >= 11 is 0. The quantitative estimate of drug-likeness (QED) is 0.819. The normalized spacial score (nSPS) is 13.5. The van der Waals surface area contributed by atoms with Crippen LogP contribution >= 0.6 is 0 Å². The maximum absolute atomic E-state index is 13.4. The zero-order chi connectivity index (χ0) is 15.2. The molecule has 0 saturated heterocycles. The first kappa shape index (κ1) is 17.1. The van der Waals surface area contributed by atoms with Crippen LogP contribution in [0.5, 0.6) is 0 Å². The molecule has 0 fully saturated rings. The monoisotopic (exact) mass is 281 g/mol. The molecule has 1 rings (SSSR count). The predicted octanol–water partition coefficient (Wildman–Crippen LogP) is 3.86. The third-order valence-electron chi connectivity index (χ3n) is 3.18. The zero-order valence-electron chi connectivity index (χ0n) is 13.4. The molecule has 0 aliphatic rings. The average Bonchev–Trinajstić information content (AvgIpc) is 2.36. The van der Waals surface area contributed by atoms with Crippen LogP contribution in [0, 0.1) is 12.7 Å². The molecule has 0 heterocycles. The van der Waals surface area contributed by atoms with Gasteiger partial charge in [0.15, 0.2) is 0 Å². The van der Waals surface area contributed by atoms with Crippen molar-refractivity contribution >= 4 is 0 Å². The Labute approximate surface area is 122 Å². The summed E-state index contributed by atoms with van der Waals surface area (Å²) in [6.07, 6.45) is 1.87. The predicted molar refractivity (Wildman–Crippen MR) is 82.6 cm³/mol. The lowest BCUT2D eigenvalue weighted by molar-refractivity contribution is -0.0143. The van der Waals surface area contributed by atoms with Gasteiger partial charge in [-0.3, -0.25) is 0 Å². The van der Waals surface area contributed by atoms with Crippen molar-refractivity contribution in [2.24, 2.45) is 0 Å². The van der Waals surface area contributed by atoms with Crippen molar-refractivity contribution in [3.63, 3.8) is 0 Å². The molecule has 1 aromatic rings. The summed E-state index contributed by atoms with van der Waals surface area (Å²) < 4.78 is 19.2. The highest BCUT2D eigenvalue weighted by Crippen LogP contribution is 2.14. The molecule has 3 heteroatoms. The molecule has 0 aliphatic heterocycles. The summed E-state index contributed by atoms with van der Waals surface area (Å²) in [5, 5.41) is 3.49. The molecule has 0 bridgehead atoms. The fourth-order valence-electron chi connectivity index (χ4n) is 2.01. The molecule has 0 amide bonds. The smallest absolute Gasteiger partial charge is 0.123 e. The van der Waals surface area contributed by atoms with E-state index in [1.54, 1.807) is 6.07 Å². The fraction of sp³-hybridized carbons (Fsp3) is 0.647. The van der Waals surface area contributed by atoms with Gasteiger partial charge < -0.3 is 10.1 Å². The molecule has 1 unspecified atom stereocenters. The Hall–Kier alpha value is -0.930. The summed E-state index contributed by atoms with van der Waals surface area (Å²) in [5.41, 5.74) is 2.03. The van der Waals surface area contributed by atoms with E-state index >= 15 is 0 Å². The van der Waals surface area contributed by atoms with Crippen LogP contribution in [0.25, 0.3) is 0 Å². The van der Waals surface area contributed by atoms with Crippen molar-refractivity contribution in [1.82, 2.24) is 5.32 Å². The van der Waals surface area contributed by atoms with E-state index in [1.165, 1.54) is 6.07 Å². The Balaban J connectivity index is 2.70. The molecule has 0 aromatic heterocycles. The van der Waals surface area contributed by atoms with Crippen molar-refractivity contribution in [3.8, 4) is 0 Å². The molecule has 1 N–H and O–H groups in total. The van der Waals surface area contributed by atoms with E-state index < -0.39 is 0 Å². The van der Waals surface area contributed by atoms with Crippen molar-refractivity contribution in [1.29, 1.82) is 0 Å². The van der Waals surface area contributed by atoms with E-state index in [-0.39, 0.29) is 17.5 Å². The van der Waals surface area contributed by atoms with Crippen molar-refractivity contribution in [2.45, 2.75) is 59.1 Å². The van der Waals surface area contributed by atoms with Crippen LogP contribution in [0.3, 0.4) is 0 Å². The molecular formula is C17H28FNO. The SMILES string of the molecule is CCCNC(COC(C)(C)C)Cc1cc(F)ccc1C. The van der Waals surface area contributed by atoms with Gasteiger partial charge in [-0.05, 0) is 70.3 Å². The first-order valence-corrected chi connectivity index (χ1v) is 7.44. The van der Waals surface area contributed by atoms with Crippen LogP contribution < -0.4 is 5.32 Å². The number of halogens is 1. The Bertz CT molecular complexity index is 412. The molecule has 1 aromatic carbocycles. The van der Waals surface area contributed by atoms with Gasteiger partial charge in [0.25, 0.3) is 0 Å². The standard InChI is InChI=1S/C17H28FNO/c1-6-9-19-16(12-20-17(3,4)5)11-14-10-15(18)8-7-13(14)2/h7-8,10,16,19H,6,9,11-12H2,1-5H3. The van der Waals surface area contributed by atoms with E-state index in [2.05, 4.69) is 33.0 Å². The van der Waals surface area contributed by atoms with Gasteiger partial charge in [-0.25, -0.2) is 4.39 Å². The van der Waals surface area contributed by atoms with Crippen LogP contribution in [-0.4, -0.2) is 24.8 Å². The molecule has 0 spiro atoms. The van der Waals surface area contributed by atoms with Gasteiger partial charge in [0, 0.05) is 6.04 Å². The molecule has 0 radical (unpaired) electrons. The minimum Gasteiger partial charge on any atom is -0.374 e. The highest BCUT2D eigenvalue weighted by Gasteiger charge is 2.16. The number of aryl methyl sites for hydroxylation is 1. The minimum absolute atomic E-state index is 0.150. The van der Waals surface area contributed by atoms with Crippen molar-refractivity contribution < 1.29 is 9.13 Å². The Morgan fingerprint density at radius 1 is 1.30 bits per heavy atom. The molecule has 0 aliphatic carbocycles. The van der Waals surface area contributed by atoms with Gasteiger partial charge in [-0.1, -0.05) is 13.0 Å². The molecule has 2 nitrogen and oxygen atoms in total. The minimum atomic E-state index is -0.170. The van der Waals surface area contributed by atoms with Gasteiger partial charge >= 0.3 is 0 Å². The van der Waals surface area contributed by atoms with Gasteiger partial charge in [0.2, 0.25) is 0 Å². The third kappa shape index (κ3) is 6.49. The third-order valence-corrected chi connectivity index (χ3v) is 3.18. The summed E-state index contributed by atoms with van der Waals surface area (Å²) in [6.45, 7) is 11.9. The Kier molecular flexibility index (Phi) is 6.63. The lowest BCUT2D eigenvalue weighted by atomic mass is 10.0. The number of nitrogens with one attached hydrogen (secondary N) is 1. The van der Waals surface area contributed by atoms with Gasteiger partial charge in [-0.15, -0.1) is 0 Å². The second kappa shape index (κ2) is 7.75. The summed E-state index contributed by atoms with van der Waals surface area (Å²) in [7, 11) is 0. The lowest BCUT2D eigenvalue weighted by Crippen LogP contribution is -2.38. The van der Waals surface area contributed by atoms with Crippen molar-refractivity contribution in [3.05, 3.63) is 35.1 Å². The van der Waals surface area contributed by atoms with E-state index in [0.717, 1.165) is 30.5 Å². The van der Waals surface area contributed by atoms with Gasteiger partial charge in [0.05, 0.1) is 12.2 Å². The number of ether oxygens (including phenoxy) is 1. The van der Waals surface area contributed by atoms with Gasteiger partial charge in [0.1, 0.15) is 5.82 Å². The molecule has 1 atom stereocenters. The second-order valence-corrected chi connectivity index (χ2v) is 6.35. The lowest BCUT2D eigenvalue weighted by Gasteiger charge is -2.25. The topological polar surface area (TPSA) is 21.3 Å². The zero-order valence-corrected chi connectivity index (χ0v) is 13.4. The van der Waals surface area contributed by atoms with Crippen LogP contribution in [0.2, 0.25) is 0 Å². The fourth-order valence-corrected chi connectivity index (χ4v) is 2.01. The van der Waals surface area contributed by atoms with E-state index in [1.807, 2.05) is 13.0 Å². The number of rotatable bonds is 7. The number of benzene rings is 1. The molecule has 114 valence electrons. The summed E-state index contributed by atoms with van der Waals surface area (Å²) in [4.78, 5) is 0. The number of hydrogen-bond acceptors (Lipinski definition) is 2. The van der Waals surface area contributed by atoms with E-state index in [4.69, 9.17) is 4.74 Å². The Morgan fingerprint density at radius 2 is 2.00 bits per heavy atom. The molecule has 20 heavy (non-hydrogen) atoms. The first-order valence-electron chi connectivity index (χ1n) is 7.44. The maximum atomic E-state index is 13.4. The maximum Gasteiger partial charge on any atom is 0.123 e. The molecule has 0 saturated carbocycles. The van der Waals surface area contributed by atoms with Crippen LogP contribution in [-0.2, 0) is 11.2 Å². The highest BCUT2D eigenvalue weighted by molar-refractivity contribution is 5.27. The first-order chi connectivity index (χ1) is 9.31. The Morgan fingerprint density at radius 3 is 2.60 bits per heavy atom.